The first-order chi connectivity index (χ1) is 9.06. The van der Waals surface area contributed by atoms with Crippen molar-refractivity contribution < 1.29 is 4.39 Å². The van der Waals surface area contributed by atoms with E-state index in [0.717, 1.165) is 15.7 Å². The molecule has 2 N–H and O–H groups in total. The molecular formula is C14H12BrFN2S. The SMILES string of the molecule is Cc1cc(Br)ccc1NC(=S)Nc1ccccc1F. The van der Waals surface area contributed by atoms with Crippen LogP contribution in [-0.4, -0.2) is 5.11 Å². The van der Waals surface area contributed by atoms with E-state index in [-0.39, 0.29) is 5.82 Å². The van der Waals surface area contributed by atoms with Gasteiger partial charge < -0.3 is 10.6 Å². The van der Waals surface area contributed by atoms with Crippen molar-refractivity contribution in [3.05, 3.63) is 58.3 Å². The Labute approximate surface area is 125 Å². The molecule has 0 amide bonds. The van der Waals surface area contributed by atoms with Crippen molar-refractivity contribution in [3.63, 3.8) is 0 Å². The van der Waals surface area contributed by atoms with Gasteiger partial charge in [-0.2, -0.15) is 0 Å². The van der Waals surface area contributed by atoms with Crippen LogP contribution in [0.15, 0.2) is 46.9 Å². The van der Waals surface area contributed by atoms with Crippen LogP contribution >= 0.6 is 28.1 Å². The van der Waals surface area contributed by atoms with Crippen LogP contribution < -0.4 is 10.6 Å². The number of aryl methyl sites for hydroxylation is 1. The number of thiocarbonyl (C=S) groups is 1. The van der Waals surface area contributed by atoms with E-state index in [0.29, 0.717) is 10.8 Å². The first-order valence-corrected chi connectivity index (χ1v) is 6.85. The van der Waals surface area contributed by atoms with Gasteiger partial charge in [0.2, 0.25) is 0 Å². The topological polar surface area (TPSA) is 24.1 Å². The maximum atomic E-state index is 13.5. The first kappa shape index (κ1) is 14.0. The van der Waals surface area contributed by atoms with Gasteiger partial charge in [-0.05, 0) is 55.0 Å². The highest BCUT2D eigenvalue weighted by molar-refractivity contribution is 9.10. The lowest BCUT2D eigenvalue weighted by Gasteiger charge is -2.13. The second kappa shape index (κ2) is 6.12. The van der Waals surface area contributed by atoms with E-state index in [2.05, 4.69) is 26.6 Å². The molecule has 0 saturated heterocycles. The van der Waals surface area contributed by atoms with Crippen molar-refractivity contribution in [3.8, 4) is 0 Å². The van der Waals surface area contributed by atoms with Gasteiger partial charge in [0.1, 0.15) is 5.82 Å². The highest BCUT2D eigenvalue weighted by Gasteiger charge is 2.05. The third-order valence-corrected chi connectivity index (χ3v) is 3.26. The molecule has 2 aromatic carbocycles. The number of anilines is 2. The van der Waals surface area contributed by atoms with Gasteiger partial charge in [-0.1, -0.05) is 28.1 Å². The second-order valence-electron chi connectivity index (χ2n) is 4.02. The lowest BCUT2D eigenvalue weighted by molar-refractivity contribution is 0.632. The van der Waals surface area contributed by atoms with E-state index >= 15 is 0 Å². The molecule has 19 heavy (non-hydrogen) atoms. The Balaban J connectivity index is 2.08. The quantitative estimate of drug-likeness (QED) is 0.775. The molecule has 0 aliphatic heterocycles. The summed E-state index contributed by atoms with van der Waals surface area (Å²) >= 11 is 8.57. The number of nitrogens with one attached hydrogen (secondary N) is 2. The Morgan fingerprint density at radius 3 is 2.47 bits per heavy atom. The van der Waals surface area contributed by atoms with E-state index in [9.17, 15) is 4.39 Å². The average Bonchev–Trinajstić information content (AvgIpc) is 2.36. The average molecular weight is 339 g/mol. The summed E-state index contributed by atoms with van der Waals surface area (Å²) < 4.78 is 14.5. The van der Waals surface area contributed by atoms with Crippen LogP contribution in [0.1, 0.15) is 5.56 Å². The van der Waals surface area contributed by atoms with E-state index in [4.69, 9.17) is 12.2 Å². The molecule has 0 spiro atoms. The van der Waals surface area contributed by atoms with Crippen molar-refractivity contribution >= 4 is 44.6 Å². The Kier molecular flexibility index (Phi) is 4.50. The van der Waals surface area contributed by atoms with Gasteiger partial charge in [0.25, 0.3) is 0 Å². The standard InChI is InChI=1S/C14H12BrFN2S/c1-9-8-10(15)6-7-12(9)17-14(19)18-13-5-3-2-4-11(13)16/h2-8H,1H3,(H2,17,18,19). The van der Waals surface area contributed by atoms with Crippen LogP contribution in [0.2, 0.25) is 0 Å². The normalized spacial score (nSPS) is 10.1. The van der Waals surface area contributed by atoms with E-state index in [1.54, 1.807) is 18.2 Å². The van der Waals surface area contributed by atoms with Gasteiger partial charge in [0, 0.05) is 10.2 Å². The molecular weight excluding hydrogens is 327 g/mol. The Morgan fingerprint density at radius 1 is 1.11 bits per heavy atom. The molecule has 0 atom stereocenters. The molecule has 2 aromatic rings. The lowest BCUT2D eigenvalue weighted by atomic mass is 10.2. The zero-order valence-electron chi connectivity index (χ0n) is 10.2. The van der Waals surface area contributed by atoms with Gasteiger partial charge in [-0.25, -0.2) is 4.39 Å². The summed E-state index contributed by atoms with van der Waals surface area (Å²) in [5.41, 5.74) is 2.29. The lowest BCUT2D eigenvalue weighted by Crippen LogP contribution is -2.20. The highest BCUT2D eigenvalue weighted by Crippen LogP contribution is 2.20. The zero-order chi connectivity index (χ0) is 13.8. The van der Waals surface area contributed by atoms with Crippen LogP contribution in [0.3, 0.4) is 0 Å². The molecule has 0 fully saturated rings. The number of para-hydroxylation sites is 1. The van der Waals surface area contributed by atoms with Crippen molar-refractivity contribution in [1.29, 1.82) is 0 Å². The van der Waals surface area contributed by atoms with Crippen LogP contribution in [-0.2, 0) is 0 Å². The monoisotopic (exact) mass is 338 g/mol. The summed E-state index contributed by atoms with van der Waals surface area (Å²) in [4.78, 5) is 0. The van der Waals surface area contributed by atoms with Crippen LogP contribution in [0.5, 0.6) is 0 Å². The molecule has 0 radical (unpaired) electrons. The maximum absolute atomic E-state index is 13.5. The van der Waals surface area contributed by atoms with Crippen LogP contribution in [0, 0.1) is 12.7 Å². The van der Waals surface area contributed by atoms with Crippen LogP contribution in [0.4, 0.5) is 15.8 Å². The summed E-state index contributed by atoms with van der Waals surface area (Å²) in [5.74, 6) is -0.334. The minimum atomic E-state index is -0.334. The fourth-order valence-corrected chi connectivity index (χ4v) is 2.30. The van der Waals surface area contributed by atoms with E-state index in [1.165, 1.54) is 6.07 Å². The molecule has 0 aliphatic carbocycles. The third kappa shape index (κ3) is 3.75. The summed E-state index contributed by atoms with van der Waals surface area (Å²) in [6.45, 7) is 1.97. The number of hydrogen-bond acceptors (Lipinski definition) is 1. The first-order valence-electron chi connectivity index (χ1n) is 5.65. The molecule has 98 valence electrons. The summed E-state index contributed by atoms with van der Waals surface area (Å²) in [6, 6.07) is 12.2. The zero-order valence-corrected chi connectivity index (χ0v) is 12.6. The molecule has 5 heteroatoms. The third-order valence-electron chi connectivity index (χ3n) is 2.56. The van der Waals surface area contributed by atoms with Crippen LogP contribution in [0.25, 0.3) is 0 Å². The molecule has 0 heterocycles. The Morgan fingerprint density at radius 2 is 1.79 bits per heavy atom. The smallest absolute Gasteiger partial charge is 0.175 e. The summed E-state index contributed by atoms with van der Waals surface area (Å²) in [6.07, 6.45) is 0. The fraction of sp³-hybridized carbons (Fsp3) is 0.0714. The van der Waals surface area contributed by atoms with E-state index in [1.807, 2.05) is 25.1 Å². The van der Waals surface area contributed by atoms with Gasteiger partial charge >= 0.3 is 0 Å². The molecule has 0 saturated carbocycles. The number of benzene rings is 2. The van der Waals surface area contributed by atoms with Crippen molar-refractivity contribution in [2.75, 3.05) is 10.6 Å². The molecule has 0 aromatic heterocycles. The van der Waals surface area contributed by atoms with Gasteiger partial charge in [-0.15, -0.1) is 0 Å². The van der Waals surface area contributed by atoms with Gasteiger partial charge in [-0.3, -0.25) is 0 Å². The number of halogens is 2. The van der Waals surface area contributed by atoms with E-state index < -0.39 is 0 Å². The highest BCUT2D eigenvalue weighted by atomic mass is 79.9. The van der Waals surface area contributed by atoms with Gasteiger partial charge in [0.15, 0.2) is 5.11 Å². The maximum Gasteiger partial charge on any atom is 0.175 e. The number of hydrogen-bond donors (Lipinski definition) is 2. The van der Waals surface area contributed by atoms with Crippen molar-refractivity contribution in [1.82, 2.24) is 0 Å². The Bertz CT molecular complexity index is 616. The minimum Gasteiger partial charge on any atom is -0.332 e. The van der Waals surface area contributed by atoms with Crippen molar-refractivity contribution in [2.45, 2.75) is 6.92 Å². The largest absolute Gasteiger partial charge is 0.332 e. The molecule has 0 bridgehead atoms. The second-order valence-corrected chi connectivity index (χ2v) is 5.34. The van der Waals surface area contributed by atoms with Crippen molar-refractivity contribution in [2.24, 2.45) is 0 Å². The Hall–Kier alpha value is -1.46. The molecule has 0 unspecified atom stereocenters. The molecule has 2 rings (SSSR count). The predicted octanol–water partition coefficient (Wildman–Crippen LogP) is 4.71. The molecule has 2 nitrogen and oxygen atoms in total. The predicted molar refractivity (Wildman–Crippen MR) is 85.1 cm³/mol. The number of rotatable bonds is 2. The minimum absolute atomic E-state index is 0.334. The van der Waals surface area contributed by atoms with Gasteiger partial charge in [0.05, 0.1) is 5.69 Å². The summed E-state index contributed by atoms with van der Waals surface area (Å²) in [7, 11) is 0. The molecule has 0 aliphatic rings. The summed E-state index contributed by atoms with van der Waals surface area (Å²) in [5, 5.41) is 6.24. The fourth-order valence-electron chi connectivity index (χ4n) is 1.61.